The second-order valence-electron chi connectivity index (χ2n) is 5.12. The number of methoxy groups -OCH3 is 1. The van der Waals surface area contributed by atoms with Crippen LogP contribution < -0.4 is 10.6 Å². The average Bonchev–Trinajstić information content (AvgIpc) is 2.90. The van der Waals surface area contributed by atoms with Gasteiger partial charge in [-0.05, 0) is 19.4 Å². The van der Waals surface area contributed by atoms with Crippen LogP contribution in [-0.4, -0.2) is 76.6 Å². The fourth-order valence-electron chi connectivity index (χ4n) is 2.71. The van der Waals surface area contributed by atoms with E-state index in [1.807, 2.05) is 0 Å². The summed E-state index contributed by atoms with van der Waals surface area (Å²) < 4.78 is 10.9. The summed E-state index contributed by atoms with van der Waals surface area (Å²) in [5, 5.41) is 6.51. The number of aliphatic imine (C=N–C) groups is 1. The first kappa shape index (κ1) is 14.6. The minimum absolute atomic E-state index is 0.260. The van der Waals surface area contributed by atoms with E-state index in [1.165, 1.54) is 19.4 Å². The van der Waals surface area contributed by atoms with E-state index in [0.717, 1.165) is 32.2 Å². The van der Waals surface area contributed by atoms with Crippen LogP contribution in [0.25, 0.3) is 0 Å². The number of rotatable bonds is 5. The third-order valence-electron chi connectivity index (χ3n) is 3.78. The molecule has 0 spiro atoms. The molecular weight excluding hydrogens is 244 g/mol. The predicted octanol–water partition coefficient (Wildman–Crippen LogP) is -0.339. The monoisotopic (exact) mass is 270 g/mol. The van der Waals surface area contributed by atoms with Gasteiger partial charge in [-0.1, -0.05) is 0 Å². The van der Waals surface area contributed by atoms with Gasteiger partial charge in [0.2, 0.25) is 0 Å². The molecule has 2 heterocycles. The maximum atomic E-state index is 5.90. The van der Waals surface area contributed by atoms with Crippen LogP contribution in [-0.2, 0) is 9.47 Å². The number of hydrogen-bond donors (Lipinski definition) is 2. The van der Waals surface area contributed by atoms with Gasteiger partial charge >= 0.3 is 0 Å². The Morgan fingerprint density at radius 3 is 3.16 bits per heavy atom. The lowest BCUT2D eigenvalue weighted by Crippen LogP contribution is -2.51. The SMILES string of the molecule is CN=C(NCCOC)NCC1CN2CCCC2CO1. The Labute approximate surface area is 115 Å². The predicted molar refractivity (Wildman–Crippen MR) is 75.6 cm³/mol. The van der Waals surface area contributed by atoms with Crippen molar-refractivity contribution in [1.29, 1.82) is 0 Å². The molecule has 19 heavy (non-hydrogen) atoms. The summed E-state index contributed by atoms with van der Waals surface area (Å²) in [6.07, 6.45) is 2.87. The molecule has 0 saturated carbocycles. The zero-order valence-electron chi connectivity index (χ0n) is 12.0. The van der Waals surface area contributed by atoms with E-state index in [0.29, 0.717) is 12.6 Å². The summed E-state index contributed by atoms with van der Waals surface area (Å²) >= 11 is 0. The van der Waals surface area contributed by atoms with E-state index >= 15 is 0 Å². The molecule has 2 unspecified atom stereocenters. The molecule has 0 amide bonds. The van der Waals surface area contributed by atoms with Gasteiger partial charge in [-0.2, -0.15) is 0 Å². The second kappa shape index (κ2) is 7.67. The maximum Gasteiger partial charge on any atom is 0.191 e. The van der Waals surface area contributed by atoms with Gasteiger partial charge in [0.05, 0.1) is 19.3 Å². The van der Waals surface area contributed by atoms with Crippen molar-refractivity contribution in [2.24, 2.45) is 4.99 Å². The molecule has 6 heteroatoms. The highest BCUT2D eigenvalue weighted by atomic mass is 16.5. The van der Waals surface area contributed by atoms with Crippen LogP contribution in [0.1, 0.15) is 12.8 Å². The Hall–Kier alpha value is -0.850. The first-order chi connectivity index (χ1) is 9.33. The minimum Gasteiger partial charge on any atom is -0.383 e. The summed E-state index contributed by atoms with van der Waals surface area (Å²) in [5.74, 6) is 0.809. The molecule has 2 saturated heterocycles. The molecule has 0 aliphatic carbocycles. The third kappa shape index (κ3) is 4.33. The van der Waals surface area contributed by atoms with Gasteiger partial charge in [-0.3, -0.25) is 9.89 Å². The van der Waals surface area contributed by atoms with E-state index in [4.69, 9.17) is 9.47 Å². The highest BCUT2D eigenvalue weighted by Gasteiger charge is 2.31. The van der Waals surface area contributed by atoms with Crippen molar-refractivity contribution in [2.75, 3.05) is 53.6 Å². The highest BCUT2D eigenvalue weighted by Crippen LogP contribution is 2.22. The number of morpholine rings is 1. The molecular formula is C13H26N4O2. The van der Waals surface area contributed by atoms with E-state index in [1.54, 1.807) is 14.2 Å². The van der Waals surface area contributed by atoms with Crippen LogP contribution in [0.3, 0.4) is 0 Å². The number of hydrogen-bond acceptors (Lipinski definition) is 4. The molecule has 2 aliphatic heterocycles. The van der Waals surface area contributed by atoms with Crippen molar-refractivity contribution in [3.05, 3.63) is 0 Å². The van der Waals surface area contributed by atoms with Gasteiger partial charge in [-0.25, -0.2) is 0 Å². The highest BCUT2D eigenvalue weighted by molar-refractivity contribution is 5.79. The lowest BCUT2D eigenvalue weighted by atomic mass is 10.2. The first-order valence-electron chi connectivity index (χ1n) is 7.12. The minimum atomic E-state index is 0.260. The smallest absolute Gasteiger partial charge is 0.191 e. The van der Waals surface area contributed by atoms with Crippen LogP contribution in [0, 0.1) is 0 Å². The lowest BCUT2D eigenvalue weighted by Gasteiger charge is -2.35. The van der Waals surface area contributed by atoms with Gasteiger partial charge in [0.25, 0.3) is 0 Å². The summed E-state index contributed by atoms with van der Waals surface area (Å²) in [5.41, 5.74) is 0. The van der Waals surface area contributed by atoms with E-state index < -0.39 is 0 Å². The molecule has 0 radical (unpaired) electrons. The molecule has 0 aromatic heterocycles. The van der Waals surface area contributed by atoms with Crippen LogP contribution in [0.5, 0.6) is 0 Å². The zero-order valence-corrected chi connectivity index (χ0v) is 12.0. The fourth-order valence-corrected chi connectivity index (χ4v) is 2.71. The number of fused-ring (bicyclic) bond motifs is 1. The third-order valence-corrected chi connectivity index (χ3v) is 3.78. The molecule has 2 atom stereocenters. The molecule has 0 aromatic carbocycles. The van der Waals surface area contributed by atoms with Crippen molar-refractivity contribution in [3.63, 3.8) is 0 Å². The van der Waals surface area contributed by atoms with E-state index in [2.05, 4.69) is 20.5 Å². The molecule has 2 fully saturated rings. The van der Waals surface area contributed by atoms with Gasteiger partial charge in [0.1, 0.15) is 0 Å². The van der Waals surface area contributed by atoms with Crippen LogP contribution in [0.4, 0.5) is 0 Å². The van der Waals surface area contributed by atoms with Crippen molar-refractivity contribution in [3.8, 4) is 0 Å². The van der Waals surface area contributed by atoms with E-state index in [-0.39, 0.29) is 6.10 Å². The number of nitrogens with one attached hydrogen (secondary N) is 2. The first-order valence-corrected chi connectivity index (χ1v) is 7.12. The molecule has 6 nitrogen and oxygen atoms in total. The molecule has 2 N–H and O–H groups in total. The number of nitrogens with zero attached hydrogens (tertiary/aromatic N) is 2. The van der Waals surface area contributed by atoms with Crippen LogP contribution in [0.15, 0.2) is 4.99 Å². The molecule has 2 rings (SSSR count). The summed E-state index contributed by atoms with van der Waals surface area (Å²) in [7, 11) is 3.47. The largest absolute Gasteiger partial charge is 0.383 e. The van der Waals surface area contributed by atoms with Gasteiger partial charge in [0.15, 0.2) is 5.96 Å². The standard InChI is InChI=1S/C13H26N4O2/c1-14-13(15-5-7-18-2)16-8-12-9-17-6-3-4-11(17)10-19-12/h11-12H,3-10H2,1-2H3,(H2,14,15,16). The summed E-state index contributed by atoms with van der Waals surface area (Å²) in [6, 6.07) is 0.662. The van der Waals surface area contributed by atoms with Crippen molar-refractivity contribution in [2.45, 2.75) is 25.0 Å². The number of ether oxygens (including phenoxy) is 2. The van der Waals surface area contributed by atoms with Gasteiger partial charge in [-0.15, -0.1) is 0 Å². The molecule has 0 bridgehead atoms. The van der Waals surface area contributed by atoms with Crippen molar-refractivity contribution in [1.82, 2.24) is 15.5 Å². The second-order valence-corrected chi connectivity index (χ2v) is 5.12. The van der Waals surface area contributed by atoms with Crippen molar-refractivity contribution >= 4 is 5.96 Å². The fraction of sp³-hybridized carbons (Fsp3) is 0.923. The van der Waals surface area contributed by atoms with Crippen molar-refractivity contribution < 1.29 is 9.47 Å². The Balaban J connectivity index is 1.66. The van der Waals surface area contributed by atoms with E-state index in [9.17, 15) is 0 Å². The number of guanidine groups is 1. The summed E-state index contributed by atoms with van der Waals surface area (Å²) in [4.78, 5) is 6.73. The van der Waals surface area contributed by atoms with Crippen LogP contribution >= 0.6 is 0 Å². The average molecular weight is 270 g/mol. The Kier molecular flexibility index (Phi) is 5.88. The van der Waals surface area contributed by atoms with Gasteiger partial charge < -0.3 is 20.1 Å². The zero-order chi connectivity index (χ0) is 13.5. The Bertz CT molecular complexity index is 298. The maximum absolute atomic E-state index is 5.90. The topological polar surface area (TPSA) is 58.1 Å². The molecule has 2 aliphatic rings. The lowest BCUT2D eigenvalue weighted by molar-refractivity contribution is -0.0453. The summed E-state index contributed by atoms with van der Waals surface area (Å²) in [6.45, 7) is 5.38. The molecule has 0 aromatic rings. The van der Waals surface area contributed by atoms with Crippen LogP contribution in [0.2, 0.25) is 0 Å². The van der Waals surface area contributed by atoms with Gasteiger partial charge in [0, 0.05) is 39.8 Å². The quantitative estimate of drug-likeness (QED) is 0.407. The molecule has 110 valence electrons. The Morgan fingerprint density at radius 2 is 2.37 bits per heavy atom. The Morgan fingerprint density at radius 1 is 1.47 bits per heavy atom. The normalized spacial score (nSPS) is 28.2.